The molecule has 1 fully saturated rings. The number of aromatic amines is 1. The van der Waals surface area contributed by atoms with Crippen LogP contribution < -0.4 is 0 Å². The quantitative estimate of drug-likeness (QED) is 0.539. The molecule has 1 aliphatic rings. The van der Waals surface area contributed by atoms with Crippen LogP contribution in [0.2, 0.25) is 0 Å². The van der Waals surface area contributed by atoms with Gasteiger partial charge in [-0.1, -0.05) is 17.7 Å². The zero-order valence-corrected chi connectivity index (χ0v) is 19.4. The van der Waals surface area contributed by atoms with Gasteiger partial charge in [-0.05, 0) is 45.4 Å². The first kappa shape index (κ1) is 23.2. The van der Waals surface area contributed by atoms with Crippen LogP contribution in [0.25, 0.3) is 0 Å². The number of carbonyl (C=O) groups excluding carboxylic acids is 2. The second-order valence-electron chi connectivity index (χ2n) is 7.91. The topological polar surface area (TPSA) is 99.8 Å². The highest BCUT2D eigenvalue weighted by Crippen LogP contribution is 2.23. The Kier molecular flexibility index (Phi) is 6.68. The number of H-pyrrole nitrogens is 1. The first-order valence-corrected chi connectivity index (χ1v) is 11.6. The number of nitrogens with zero attached hydrogens (tertiary/aromatic N) is 2. The molecular formula is C22H29N3O5S. The number of aromatic nitrogens is 1. The number of rotatable bonds is 6. The number of esters is 1. The smallest absolute Gasteiger partial charge is 0.339 e. The fourth-order valence-corrected chi connectivity index (χ4v) is 5.39. The highest BCUT2D eigenvalue weighted by atomic mass is 32.2. The average Bonchev–Trinajstić information content (AvgIpc) is 3.06. The zero-order chi connectivity index (χ0) is 22.9. The molecule has 2 aromatic rings. The average molecular weight is 448 g/mol. The van der Waals surface area contributed by atoms with E-state index in [4.69, 9.17) is 4.74 Å². The van der Waals surface area contributed by atoms with Crippen molar-refractivity contribution in [3.63, 3.8) is 0 Å². The van der Waals surface area contributed by atoms with Crippen molar-refractivity contribution in [3.05, 3.63) is 52.3 Å². The van der Waals surface area contributed by atoms with Gasteiger partial charge in [0.1, 0.15) is 0 Å². The van der Waals surface area contributed by atoms with Gasteiger partial charge in [-0.15, -0.1) is 0 Å². The molecule has 168 valence electrons. The summed E-state index contributed by atoms with van der Waals surface area (Å²) in [4.78, 5) is 30.4. The molecule has 1 atom stereocenters. The van der Waals surface area contributed by atoms with Crippen molar-refractivity contribution in [2.24, 2.45) is 0 Å². The molecule has 2 heterocycles. The largest absolute Gasteiger partial charge is 0.465 e. The Hall–Kier alpha value is -2.49. The van der Waals surface area contributed by atoms with Gasteiger partial charge in [0.15, 0.2) is 5.78 Å². The molecule has 0 spiro atoms. The van der Waals surface area contributed by atoms with Crippen molar-refractivity contribution in [2.45, 2.75) is 38.6 Å². The van der Waals surface area contributed by atoms with Crippen LogP contribution in [0.15, 0.2) is 29.2 Å². The van der Waals surface area contributed by atoms with Gasteiger partial charge in [0.2, 0.25) is 10.0 Å². The van der Waals surface area contributed by atoms with E-state index < -0.39 is 22.0 Å². The number of methoxy groups -OCH3 is 1. The van der Waals surface area contributed by atoms with Gasteiger partial charge >= 0.3 is 5.97 Å². The number of sulfonamides is 1. The molecule has 1 aliphatic heterocycles. The SMILES string of the molecule is COC(=O)c1c(C)[nH]c(C(=O)C(C)N2CCN(S(=O)(=O)c3ccc(C)cc3)CC2)c1C. The summed E-state index contributed by atoms with van der Waals surface area (Å²) in [5.41, 5.74) is 2.93. The van der Waals surface area contributed by atoms with Crippen LogP contribution >= 0.6 is 0 Å². The molecule has 9 heteroatoms. The van der Waals surface area contributed by atoms with E-state index in [0.717, 1.165) is 5.56 Å². The maximum absolute atomic E-state index is 13.1. The molecule has 3 rings (SSSR count). The predicted molar refractivity (Wildman–Crippen MR) is 117 cm³/mol. The van der Waals surface area contributed by atoms with Crippen LogP contribution in [-0.2, 0) is 14.8 Å². The third-order valence-corrected chi connectivity index (χ3v) is 7.85. The lowest BCUT2D eigenvalue weighted by atomic mass is 10.0. The normalized spacial score (nSPS) is 16.8. The summed E-state index contributed by atoms with van der Waals surface area (Å²) in [5.74, 6) is -0.613. The second kappa shape index (κ2) is 8.94. The Morgan fingerprint density at radius 2 is 1.61 bits per heavy atom. The summed E-state index contributed by atoms with van der Waals surface area (Å²) in [7, 11) is -2.25. The van der Waals surface area contributed by atoms with Crippen molar-refractivity contribution in [3.8, 4) is 0 Å². The Bertz CT molecular complexity index is 1080. The number of carbonyl (C=O) groups is 2. The minimum Gasteiger partial charge on any atom is -0.465 e. The van der Waals surface area contributed by atoms with Crippen LogP contribution in [0, 0.1) is 20.8 Å². The molecule has 0 bridgehead atoms. The van der Waals surface area contributed by atoms with E-state index in [-0.39, 0.29) is 10.7 Å². The van der Waals surface area contributed by atoms with Crippen molar-refractivity contribution in [1.82, 2.24) is 14.2 Å². The molecule has 1 aromatic heterocycles. The minimum absolute atomic E-state index is 0.134. The molecular weight excluding hydrogens is 418 g/mol. The van der Waals surface area contributed by atoms with Gasteiger partial charge in [-0.3, -0.25) is 9.69 Å². The molecule has 31 heavy (non-hydrogen) atoms. The number of hydrogen-bond acceptors (Lipinski definition) is 6. The number of Topliss-reactive ketones (excluding diaryl/α,β-unsaturated/α-hetero) is 1. The highest BCUT2D eigenvalue weighted by molar-refractivity contribution is 7.89. The van der Waals surface area contributed by atoms with E-state index in [9.17, 15) is 18.0 Å². The number of ketones is 1. The number of nitrogens with one attached hydrogen (secondary N) is 1. The Balaban J connectivity index is 1.70. The first-order chi connectivity index (χ1) is 14.6. The van der Waals surface area contributed by atoms with Gasteiger partial charge in [-0.2, -0.15) is 4.31 Å². The van der Waals surface area contributed by atoms with Crippen LogP contribution in [0.4, 0.5) is 0 Å². The Morgan fingerprint density at radius 1 is 1.03 bits per heavy atom. The molecule has 0 radical (unpaired) electrons. The number of ether oxygens (including phenoxy) is 1. The molecule has 1 saturated heterocycles. The number of piperazine rings is 1. The number of aryl methyl sites for hydroxylation is 2. The molecule has 0 amide bonds. The lowest BCUT2D eigenvalue weighted by Gasteiger charge is -2.36. The summed E-state index contributed by atoms with van der Waals surface area (Å²) in [6.07, 6.45) is 0. The van der Waals surface area contributed by atoms with E-state index in [1.54, 1.807) is 45.0 Å². The maximum Gasteiger partial charge on any atom is 0.339 e. The maximum atomic E-state index is 13.1. The van der Waals surface area contributed by atoms with Gasteiger partial charge in [0.05, 0.1) is 29.3 Å². The Morgan fingerprint density at radius 3 is 2.16 bits per heavy atom. The van der Waals surface area contributed by atoms with E-state index in [1.165, 1.54) is 11.4 Å². The lowest BCUT2D eigenvalue weighted by Crippen LogP contribution is -2.53. The third kappa shape index (κ3) is 4.44. The summed E-state index contributed by atoms with van der Waals surface area (Å²) in [5, 5.41) is 0. The van der Waals surface area contributed by atoms with Gasteiger partial charge in [0.25, 0.3) is 0 Å². The number of benzene rings is 1. The van der Waals surface area contributed by atoms with Crippen LogP contribution in [0.3, 0.4) is 0 Å². The van der Waals surface area contributed by atoms with E-state index in [1.807, 2.05) is 11.8 Å². The molecule has 0 aliphatic carbocycles. The zero-order valence-electron chi connectivity index (χ0n) is 18.6. The molecule has 1 unspecified atom stereocenters. The van der Waals surface area contributed by atoms with Gasteiger partial charge < -0.3 is 9.72 Å². The molecule has 1 aromatic carbocycles. The molecule has 1 N–H and O–H groups in total. The van der Waals surface area contributed by atoms with E-state index in [0.29, 0.717) is 48.7 Å². The monoisotopic (exact) mass is 447 g/mol. The number of hydrogen-bond donors (Lipinski definition) is 1. The third-order valence-electron chi connectivity index (χ3n) is 5.93. The molecule has 8 nitrogen and oxygen atoms in total. The predicted octanol–water partition coefficient (Wildman–Crippen LogP) is 2.30. The summed E-state index contributed by atoms with van der Waals surface area (Å²) in [6, 6.07) is 6.36. The summed E-state index contributed by atoms with van der Waals surface area (Å²) < 4.78 is 32.1. The highest BCUT2D eigenvalue weighted by Gasteiger charge is 2.33. The summed E-state index contributed by atoms with van der Waals surface area (Å²) >= 11 is 0. The first-order valence-electron chi connectivity index (χ1n) is 10.2. The second-order valence-corrected chi connectivity index (χ2v) is 9.85. The van der Waals surface area contributed by atoms with Gasteiger partial charge in [0, 0.05) is 31.9 Å². The van der Waals surface area contributed by atoms with Gasteiger partial charge in [-0.25, -0.2) is 13.2 Å². The molecule has 0 saturated carbocycles. The van der Waals surface area contributed by atoms with Crippen molar-refractivity contribution in [2.75, 3.05) is 33.3 Å². The summed E-state index contributed by atoms with van der Waals surface area (Å²) in [6.45, 7) is 8.68. The minimum atomic E-state index is -3.56. The van der Waals surface area contributed by atoms with Crippen LogP contribution in [-0.4, -0.2) is 73.7 Å². The van der Waals surface area contributed by atoms with Crippen LogP contribution in [0.5, 0.6) is 0 Å². The van der Waals surface area contributed by atoms with Crippen molar-refractivity contribution in [1.29, 1.82) is 0 Å². The van der Waals surface area contributed by atoms with E-state index >= 15 is 0 Å². The fraction of sp³-hybridized carbons (Fsp3) is 0.455. The fourth-order valence-electron chi connectivity index (χ4n) is 3.97. The standard InChI is InChI=1S/C22H29N3O5S/c1-14-6-8-18(9-7-14)31(28,29)25-12-10-24(11-13-25)17(4)21(26)20-15(2)19(16(3)23-20)22(27)30-5/h6-9,17,23H,10-13H2,1-5H3. The van der Waals surface area contributed by atoms with Crippen molar-refractivity contribution >= 4 is 21.8 Å². The van der Waals surface area contributed by atoms with Crippen LogP contribution in [0.1, 0.15) is 44.6 Å². The van der Waals surface area contributed by atoms with Crippen molar-refractivity contribution < 1.29 is 22.7 Å². The lowest BCUT2D eigenvalue weighted by molar-refractivity contribution is 0.0599. The van der Waals surface area contributed by atoms with E-state index in [2.05, 4.69) is 4.98 Å². The Labute approximate surface area is 183 Å².